The number of amides is 1. The second-order valence-electron chi connectivity index (χ2n) is 5.81. The number of halogens is 1. The van der Waals surface area contributed by atoms with Gasteiger partial charge in [-0.25, -0.2) is 0 Å². The van der Waals surface area contributed by atoms with E-state index in [4.69, 9.17) is 30.5 Å². The summed E-state index contributed by atoms with van der Waals surface area (Å²) in [7, 11) is 6.21. The lowest BCUT2D eigenvalue weighted by molar-refractivity contribution is -0.116. The summed E-state index contributed by atoms with van der Waals surface area (Å²) in [5.41, 5.74) is 2.34. The van der Waals surface area contributed by atoms with Gasteiger partial charge in [-0.05, 0) is 17.7 Å². The average molecular weight is 378 g/mol. The van der Waals surface area contributed by atoms with Gasteiger partial charge in [-0.1, -0.05) is 17.7 Å². The van der Waals surface area contributed by atoms with Crippen LogP contribution in [0, 0.1) is 0 Å². The summed E-state index contributed by atoms with van der Waals surface area (Å²) in [5.74, 6) is 1.74. The summed E-state index contributed by atoms with van der Waals surface area (Å²) in [4.78, 5) is 12.3. The fourth-order valence-electron chi connectivity index (χ4n) is 3.30. The molecule has 3 rings (SSSR count). The normalized spacial score (nSPS) is 15.7. The molecule has 26 heavy (non-hydrogen) atoms. The summed E-state index contributed by atoms with van der Waals surface area (Å²) >= 11 is 6.29. The molecule has 1 aliphatic rings. The summed E-state index contributed by atoms with van der Waals surface area (Å²) in [6, 6.07) is 7.24. The Morgan fingerprint density at radius 2 is 1.65 bits per heavy atom. The number of carbonyl (C=O) groups is 1. The molecule has 0 saturated heterocycles. The number of anilines is 1. The van der Waals surface area contributed by atoms with E-state index in [9.17, 15) is 4.79 Å². The Morgan fingerprint density at radius 3 is 2.23 bits per heavy atom. The summed E-state index contributed by atoms with van der Waals surface area (Å²) < 4.78 is 21.7. The Bertz CT molecular complexity index is 852. The molecule has 1 atom stereocenters. The molecule has 2 aromatic carbocycles. The summed E-state index contributed by atoms with van der Waals surface area (Å²) in [6.07, 6.45) is 0.265. The van der Waals surface area contributed by atoms with Crippen molar-refractivity contribution in [2.24, 2.45) is 0 Å². The van der Waals surface area contributed by atoms with Crippen LogP contribution in [0.5, 0.6) is 23.0 Å². The molecular weight excluding hydrogens is 358 g/mol. The number of benzene rings is 2. The van der Waals surface area contributed by atoms with Crippen LogP contribution in [0.4, 0.5) is 5.69 Å². The second kappa shape index (κ2) is 7.33. The van der Waals surface area contributed by atoms with E-state index in [0.29, 0.717) is 33.7 Å². The van der Waals surface area contributed by atoms with Crippen LogP contribution < -0.4 is 24.3 Å². The summed E-state index contributed by atoms with van der Waals surface area (Å²) in [6.45, 7) is 0. The molecule has 0 saturated carbocycles. The van der Waals surface area contributed by atoms with Crippen molar-refractivity contribution in [3.05, 3.63) is 40.4 Å². The predicted molar refractivity (Wildman–Crippen MR) is 99.2 cm³/mol. The Morgan fingerprint density at radius 1 is 0.962 bits per heavy atom. The fraction of sp³-hybridized carbons (Fsp3) is 0.316. The van der Waals surface area contributed by atoms with Crippen LogP contribution in [0.1, 0.15) is 23.5 Å². The predicted octanol–water partition coefficient (Wildman–Crippen LogP) is 3.85. The maximum atomic E-state index is 12.3. The van der Waals surface area contributed by atoms with E-state index < -0.39 is 0 Å². The smallest absolute Gasteiger partial charge is 0.225 e. The molecule has 1 amide bonds. The molecule has 2 aromatic rings. The highest BCUT2D eigenvalue weighted by Gasteiger charge is 2.33. The lowest BCUT2D eigenvalue weighted by Crippen LogP contribution is -2.24. The highest BCUT2D eigenvalue weighted by atomic mass is 35.5. The monoisotopic (exact) mass is 377 g/mol. The topological polar surface area (TPSA) is 66.0 Å². The van der Waals surface area contributed by atoms with Crippen LogP contribution in [0.15, 0.2) is 24.3 Å². The highest BCUT2D eigenvalue weighted by Crippen LogP contribution is 2.51. The van der Waals surface area contributed by atoms with Gasteiger partial charge in [0.1, 0.15) is 5.75 Å². The van der Waals surface area contributed by atoms with Gasteiger partial charge in [-0.15, -0.1) is 0 Å². The van der Waals surface area contributed by atoms with E-state index >= 15 is 0 Å². The van der Waals surface area contributed by atoms with Crippen molar-refractivity contribution < 1.29 is 23.7 Å². The molecule has 1 unspecified atom stereocenters. The first kappa shape index (κ1) is 18.2. The van der Waals surface area contributed by atoms with Crippen molar-refractivity contribution >= 4 is 23.2 Å². The number of methoxy groups -OCH3 is 4. The van der Waals surface area contributed by atoms with Gasteiger partial charge in [-0.3, -0.25) is 4.79 Å². The number of ether oxygens (including phenoxy) is 4. The zero-order valence-corrected chi connectivity index (χ0v) is 15.8. The molecule has 138 valence electrons. The molecule has 6 nitrogen and oxygen atoms in total. The third kappa shape index (κ3) is 3.01. The summed E-state index contributed by atoms with van der Waals surface area (Å²) in [5, 5.41) is 3.37. The number of nitrogens with one attached hydrogen (secondary N) is 1. The minimum absolute atomic E-state index is 0.0938. The fourth-order valence-corrected chi connectivity index (χ4v) is 3.57. The molecule has 1 aliphatic heterocycles. The molecule has 1 N–H and O–H groups in total. The van der Waals surface area contributed by atoms with Crippen LogP contribution in [0.25, 0.3) is 0 Å². The molecule has 0 aliphatic carbocycles. The van der Waals surface area contributed by atoms with Crippen molar-refractivity contribution in [2.45, 2.75) is 12.3 Å². The van der Waals surface area contributed by atoms with Gasteiger partial charge in [0.15, 0.2) is 11.5 Å². The lowest BCUT2D eigenvalue weighted by Gasteiger charge is -2.29. The van der Waals surface area contributed by atoms with Crippen LogP contribution in [-0.4, -0.2) is 34.3 Å². The van der Waals surface area contributed by atoms with E-state index in [0.717, 1.165) is 11.1 Å². The molecule has 7 heteroatoms. The van der Waals surface area contributed by atoms with E-state index in [1.54, 1.807) is 33.5 Å². The minimum atomic E-state index is -0.239. The minimum Gasteiger partial charge on any atom is -0.495 e. The molecule has 0 bridgehead atoms. The van der Waals surface area contributed by atoms with Crippen LogP contribution in [0.2, 0.25) is 5.02 Å². The van der Waals surface area contributed by atoms with Crippen molar-refractivity contribution in [3.63, 3.8) is 0 Å². The van der Waals surface area contributed by atoms with Gasteiger partial charge in [0.05, 0.1) is 39.1 Å². The van der Waals surface area contributed by atoms with Gasteiger partial charge in [0, 0.05) is 24.0 Å². The third-order valence-electron chi connectivity index (χ3n) is 4.46. The van der Waals surface area contributed by atoms with E-state index in [-0.39, 0.29) is 18.2 Å². The molecule has 1 heterocycles. The lowest BCUT2D eigenvalue weighted by atomic mass is 9.83. The molecular formula is C19H20ClNO5. The SMILES string of the molecule is COc1ccc(C2CC(=O)Nc3cc(OC)c(OC)c(OC)c32)cc1Cl. The van der Waals surface area contributed by atoms with Crippen LogP contribution in [0.3, 0.4) is 0 Å². The molecule has 0 aromatic heterocycles. The van der Waals surface area contributed by atoms with E-state index in [1.165, 1.54) is 7.11 Å². The average Bonchev–Trinajstić information content (AvgIpc) is 2.65. The van der Waals surface area contributed by atoms with Gasteiger partial charge in [-0.2, -0.15) is 0 Å². The number of fused-ring (bicyclic) bond motifs is 1. The van der Waals surface area contributed by atoms with Crippen molar-refractivity contribution in [3.8, 4) is 23.0 Å². The van der Waals surface area contributed by atoms with Gasteiger partial charge in [0.2, 0.25) is 11.7 Å². The first-order valence-corrected chi connectivity index (χ1v) is 8.38. The standard InChI is InChI=1S/C19H20ClNO5/c1-23-14-6-5-10(7-12(14)20)11-8-16(22)21-13-9-15(24-2)18(25-3)19(26-4)17(11)13/h5-7,9,11H,8H2,1-4H3,(H,21,22). The van der Waals surface area contributed by atoms with Crippen molar-refractivity contribution in [1.82, 2.24) is 0 Å². The zero-order valence-electron chi connectivity index (χ0n) is 15.0. The van der Waals surface area contributed by atoms with E-state index in [1.807, 2.05) is 12.1 Å². The Hall–Kier alpha value is -2.60. The maximum Gasteiger partial charge on any atom is 0.225 e. The third-order valence-corrected chi connectivity index (χ3v) is 4.75. The van der Waals surface area contributed by atoms with Crippen molar-refractivity contribution in [1.29, 1.82) is 0 Å². The Kier molecular flexibility index (Phi) is 5.13. The number of hydrogen-bond donors (Lipinski definition) is 1. The van der Waals surface area contributed by atoms with Crippen LogP contribution >= 0.6 is 11.6 Å². The first-order valence-electron chi connectivity index (χ1n) is 8.00. The van der Waals surface area contributed by atoms with Crippen molar-refractivity contribution in [2.75, 3.05) is 33.8 Å². The quantitative estimate of drug-likeness (QED) is 0.857. The van der Waals surface area contributed by atoms with Gasteiger partial charge in [0.25, 0.3) is 0 Å². The second-order valence-corrected chi connectivity index (χ2v) is 6.21. The van der Waals surface area contributed by atoms with Gasteiger partial charge < -0.3 is 24.3 Å². The molecule has 0 spiro atoms. The number of hydrogen-bond acceptors (Lipinski definition) is 5. The molecule has 0 radical (unpaired) electrons. The molecule has 0 fully saturated rings. The number of carbonyl (C=O) groups excluding carboxylic acids is 1. The van der Waals surface area contributed by atoms with E-state index in [2.05, 4.69) is 5.32 Å². The highest BCUT2D eigenvalue weighted by molar-refractivity contribution is 6.32. The van der Waals surface area contributed by atoms with Gasteiger partial charge >= 0.3 is 0 Å². The largest absolute Gasteiger partial charge is 0.495 e. The Labute approximate surface area is 157 Å². The van der Waals surface area contributed by atoms with Crippen LogP contribution in [-0.2, 0) is 4.79 Å². The maximum absolute atomic E-state index is 12.3. The zero-order chi connectivity index (χ0) is 18.8. The number of rotatable bonds is 5. The Balaban J connectivity index is 2.22. The first-order chi connectivity index (χ1) is 12.5.